The van der Waals surface area contributed by atoms with Gasteiger partial charge in [-0.1, -0.05) is 30.3 Å². The molecule has 1 aromatic carbocycles. The number of benzene rings is 1. The fourth-order valence-corrected chi connectivity index (χ4v) is 3.03. The molecule has 0 aliphatic carbocycles. The molecule has 0 spiro atoms. The zero-order chi connectivity index (χ0) is 16.5. The first-order chi connectivity index (χ1) is 11.7. The number of anilines is 2. The summed E-state index contributed by atoms with van der Waals surface area (Å²) < 4.78 is 6.99. The molecule has 2 amide bonds. The van der Waals surface area contributed by atoms with Gasteiger partial charge in [0.15, 0.2) is 0 Å². The van der Waals surface area contributed by atoms with Crippen molar-refractivity contribution >= 4 is 23.7 Å². The summed E-state index contributed by atoms with van der Waals surface area (Å²) in [6.07, 6.45) is 1.39. The summed E-state index contributed by atoms with van der Waals surface area (Å²) in [5, 5.41) is 9.72. The van der Waals surface area contributed by atoms with Gasteiger partial charge in [0.2, 0.25) is 11.9 Å². The third-order valence-corrected chi connectivity index (χ3v) is 4.20. The van der Waals surface area contributed by atoms with Crippen molar-refractivity contribution in [2.24, 2.45) is 0 Å². The molecule has 24 heavy (non-hydrogen) atoms. The van der Waals surface area contributed by atoms with Crippen molar-refractivity contribution in [3.8, 4) is 0 Å². The average molecular weight is 327 g/mol. The maximum atomic E-state index is 12.1. The molecule has 2 N–H and O–H groups in total. The zero-order valence-electron chi connectivity index (χ0n) is 12.9. The highest BCUT2D eigenvalue weighted by atomic mass is 16.5. The lowest BCUT2D eigenvalue weighted by Gasteiger charge is -2.23. The Labute approximate surface area is 138 Å². The van der Waals surface area contributed by atoms with Crippen LogP contribution in [0.5, 0.6) is 0 Å². The fraction of sp³-hybridized carbons (Fsp3) is 0.375. The van der Waals surface area contributed by atoms with Crippen LogP contribution in [-0.2, 0) is 14.3 Å². The number of nitrogens with one attached hydrogen (secondary N) is 2. The minimum Gasteiger partial charge on any atom is -0.368 e. The molecule has 1 aromatic heterocycles. The van der Waals surface area contributed by atoms with E-state index < -0.39 is 6.10 Å². The topological polar surface area (TPSA) is 98.1 Å². The maximum Gasteiger partial charge on any atom is 0.255 e. The van der Waals surface area contributed by atoms with E-state index in [9.17, 15) is 9.59 Å². The van der Waals surface area contributed by atoms with Gasteiger partial charge in [-0.2, -0.15) is 4.98 Å². The number of carbonyl (C=O) groups excluding carboxylic acids is 2. The molecule has 0 radical (unpaired) electrons. The summed E-state index contributed by atoms with van der Waals surface area (Å²) in [5.41, 5.74) is 0.968. The second-order valence-electron chi connectivity index (χ2n) is 5.87. The molecule has 2 aromatic rings. The number of nitrogens with zero attached hydrogens (tertiary/aromatic N) is 3. The Bertz CT molecular complexity index is 767. The normalized spacial score (nSPS) is 22.8. The van der Waals surface area contributed by atoms with Gasteiger partial charge in [-0.05, 0) is 18.4 Å². The number of aromatic nitrogens is 3. The van der Waals surface area contributed by atoms with Crippen molar-refractivity contribution in [1.82, 2.24) is 14.8 Å². The van der Waals surface area contributed by atoms with Crippen molar-refractivity contribution in [3.05, 3.63) is 35.9 Å². The number of ether oxygens (including phenoxy) is 1. The number of carbonyl (C=O) groups is 2. The van der Waals surface area contributed by atoms with Gasteiger partial charge in [0, 0.05) is 6.61 Å². The molecule has 8 heteroatoms. The highest BCUT2D eigenvalue weighted by Gasteiger charge is 2.30. The molecule has 2 aliphatic rings. The van der Waals surface area contributed by atoms with Gasteiger partial charge < -0.3 is 4.74 Å². The van der Waals surface area contributed by atoms with Crippen molar-refractivity contribution < 1.29 is 14.3 Å². The highest BCUT2D eigenvalue weighted by molar-refractivity contribution is 5.94. The minimum atomic E-state index is -0.454. The predicted octanol–water partition coefficient (Wildman–Crippen LogP) is 1.33. The van der Waals surface area contributed by atoms with Crippen LogP contribution in [0.4, 0.5) is 11.9 Å². The van der Waals surface area contributed by atoms with E-state index in [1.165, 1.54) is 0 Å². The van der Waals surface area contributed by atoms with Crippen LogP contribution in [0.1, 0.15) is 30.9 Å². The Balaban J connectivity index is 1.60. The number of fused-ring (bicyclic) bond motifs is 1. The van der Waals surface area contributed by atoms with E-state index in [1.54, 1.807) is 4.68 Å². The molecule has 124 valence electrons. The van der Waals surface area contributed by atoms with Gasteiger partial charge in [-0.3, -0.25) is 20.2 Å². The fourth-order valence-electron chi connectivity index (χ4n) is 3.03. The number of rotatable bonds is 3. The van der Waals surface area contributed by atoms with Crippen LogP contribution >= 0.6 is 0 Å². The monoisotopic (exact) mass is 327 g/mol. The van der Waals surface area contributed by atoms with Crippen LogP contribution in [-0.4, -0.2) is 39.3 Å². The highest BCUT2D eigenvalue weighted by Crippen LogP contribution is 2.29. The van der Waals surface area contributed by atoms with Crippen LogP contribution in [0.2, 0.25) is 0 Å². The van der Waals surface area contributed by atoms with Gasteiger partial charge in [-0.15, -0.1) is 5.10 Å². The van der Waals surface area contributed by atoms with Crippen molar-refractivity contribution in [2.45, 2.75) is 31.4 Å². The average Bonchev–Trinajstić information content (AvgIpc) is 3.24. The van der Waals surface area contributed by atoms with Crippen molar-refractivity contribution in [2.75, 3.05) is 17.2 Å². The van der Waals surface area contributed by atoms with Crippen LogP contribution in [0.3, 0.4) is 0 Å². The van der Waals surface area contributed by atoms with Crippen molar-refractivity contribution in [3.63, 3.8) is 0 Å². The van der Waals surface area contributed by atoms with Crippen LogP contribution in [0.25, 0.3) is 0 Å². The Morgan fingerprint density at radius 1 is 1.33 bits per heavy atom. The van der Waals surface area contributed by atoms with Gasteiger partial charge in [0.25, 0.3) is 11.9 Å². The lowest BCUT2D eigenvalue weighted by atomic mass is 10.0. The van der Waals surface area contributed by atoms with Crippen molar-refractivity contribution in [1.29, 1.82) is 0 Å². The molecule has 8 nitrogen and oxygen atoms in total. The number of amides is 2. The number of hydrogen-bond donors (Lipinski definition) is 2. The molecule has 1 saturated heterocycles. The Kier molecular flexibility index (Phi) is 3.73. The lowest BCUT2D eigenvalue weighted by Crippen LogP contribution is -2.29. The van der Waals surface area contributed by atoms with Crippen LogP contribution < -0.4 is 10.6 Å². The Morgan fingerprint density at radius 2 is 2.17 bits per heavy atom. The largest absolute Gasteiger partial charge is 0.368 e. The molecule has 2 atom stereocenters. The minimum absolute atomic E-state index is 0.124. The molecule has 2 aliphatic heterocycles. The van der Waals surface area contributed by atoms with Crippen LogP contribution in [0.15, 0.2) is 30.3 Å². The number of hydrogen-bond acceptors (Lipinski definition) is 5. The SMILES string of the molecule is O=C1C[C@H](c2ccccc2)n2nc(NC(=O)[C@H]3CCCO3)nc2N1. The molecule has 4 rings (SSSR count). The third kappa shape index (κ3) is 2.76. The quantitative estimate of drug-likeness (QED) is 0.886. The van der Waals surface area contributed by atoms with Crippen LogP contribution in [0, 0.1) is 0 Å². The first-order valence-corrected chi connectivity index (χ1v) is 7.94. The standard InChI is InChI=1S/C16H17N5O3/c22-13-9-11(10-5-2-1-3-6-10)21-16(17-13)19-15(20-21)18-14(23)12-7-4-8-24-12/h1-3,5-6,11-12H,4,7-9H2,(H2,17,18,19,20,22,23)/t11-,12-/m1/s1. The molecule has 0 saturated carbocycles. The summed E-state index contributed by atoms with van der Waals surface area (Å²) >= 11 is 0. The molecule has 1 fully saturated rings. The first-order valence-electron chi connectivity index (χ1n) is 7.94. The second-order valence-corrected chi connectivity index (χ2v) is 5.87. The van der Waals surface area contributed by atoms with Gasteiger partial charge in [-0.25, -0.2) is 4.68 Å². The van der Waals surface area contributed by atoms with Gasteiger partial charge >= 0.3 is 0 Å². The van der Waals surface area contributed by atoms with Gasteiger partial charge in [0.05, 0.1) is 12.5 Å². The third-order valence-electron chi connectivity index (χ3n) is 4.20. The molecular formula is C16H17N5O3. The summed E-state index contributed by atoms with van der Waals surface area (Å²) in [5.74, 6) is 0.134. The van der Waals surface area contributed by atoms with E-state index in [0.717, 1.165) is 12.0 Å². The second kappa shape index (κ2) is 6.04. The van der Waals surface area contributed by atoms with E-state index in [4.69, 9.17) is 4.74 Å². The van der Waals surface area contributed by atoms with E-state index in [0.29, 0.717) is 19.0 Å². The summed E-state index contributed by atoms with van der Waals surface area (Å²) in [6, 6.07) is 9.40. The summed E-state index contributed by atoms with van der Waals surface area (Å²) in [4.78, 5) is 28.3. The van der Waals surface area contributed by atoms with E-state index >= 15 is 0 Å². The van der Waals surface area contributed by atoms with E-state index in [2.05, 4.69) is 20.7 Å². The Hall–Kier alpha value is -2.74. The summed E-state index contributed by atoms with van der Waals surface area (Å²) in [6.45, 7) is 0.595. The molecular weight excluding hydrogens is 310 g/mol. The zero-order valence-corrected chi connectivity index (χ0v) is 12.9. The first kappa shape index (κ1) is 14.8. The smallest absolute Gasteiger partial charge is 0.255 e. The maximum absolute atomic E-state index is 12.1. The Morgan fingerprint density at radius 3 is 2.92 bits per heavy atom. The predicted molar refractivity (Wildman–Crippen MR) is 85.5 cm³/mol. The summed E-state index contributed by atoms with van der Waals surface area (Å²) in [7, 11) is 0. The lowest BCUT2D eigenvalue weighted by molar-refractivity contribution is -0.124. The molecule has 0 unspecified atom stereocenters. The molecule has 0 bridgehead atoms. The van der Waals surface area contributed by atoms with E-state index in [1.807, 2.05) is 30.3 Å². The molecule has 3 heterocycles. The van der Waals surface area contributed by atoms with E-state index in [-0.39, 0.29) is 30.2 Å². The van der Waals surface area contributed by atoms with Gasteiger partial charge in [0.1, 0.15) is 6.10 Å².